The number of amides is 1. The van der Waals surface area contributed by atoms with E-state index in [1.807, 2.05) is 0 Å². The van der Waals surface area contributed by atoms with Crippen LogP contribution in [0.4, 0.5) is 17.6 Å². The van der Waals surface area contributed by atoms with Crippen molar-refractivity contribution in [2.24, 2.45) is 0 Å². The molecule has 0 atom stereocenters. The molecule has 0 radical (unpaired) electrons. The van der Waals surface area contributed by atoms with Gasteiger partial charge in [-0.15, -0.1) is 0 Å². The van der Waals surface area contributed by atoms with Crippen molar-refractivity contribution in [3.8, 4) is 0 Å². The molecule has 0 bridgehead atoms. The zero-order valence-corrected chi connectivity index (χ0v) is 11.3. The van der Waals surface area contributed by atoms with Crippen LogP contribution >= 0.6 is 15.9 Å². The van der Waals surface area contributed by atoms with Crippen molar-refractivity contribution in [1.82, 2.24) is 4.90 Å². The van der Waals surface area contributed by atoms with E-state index in [0.717, 1.165) is 11.0 Å². The van der Waals surface area contributed by atoms with Crippen LogP contribution in [0.5, 0.6) is 0 Å². The number of hydrogen-bond acceptors (Lipinski definition) is 1. The fourth-order valence-electron chi connectivity index (χ4n) is 1.74. The van der Waals surface area contributed by atoms with Gasteiger partial charge in [-0.1, -0.05) is 0 Å². The minimum atomic E-state index is -4.44. The molecule has 0 aromatic heterocycles. The van der Waals surface area contributed by atoms with Crippen LogP contribution in [0, 0.1) is 5.82 Å². The van der Waals surface area contributed by atoms with Crippen LogP contribution in [0.2, 0.25) is 0 Å². The molecule has 0 unspecified atom stereocenters. The lowest BCUT2D eigenvalue weighted by atomic mass is 10.2. The lowest BCUT2D eigenvalue weighted by Gasteiger charge is -2.23. The summed E-state index contributed by atoms with van der Waals surface area (Å²) in [6.07, 6.45) is -3.29. The van der Waals surface area contributed by atoms with Gasteiger partial charge < -0.3 is 4.90 Å². The second-order valence-corrected chi connectivity index (χ2v) is 5.26. The maximum Gasteiger partial charge on any atom is 0.406 e. The van der Waals surface area contributed by atoms with E-state index in [1.54, 1.807) is 0 Å². The summed E-state index contributed by atoms with van der Waals surface area (Å²) in [5.41, 5.74) is 0.0458. The van der Waals surface area contributed by atoms with E-state index in [1.165, 1.54) is 12.1 Å². The van der Waals surface area contributed by atoms with Gasteiger partial charge >= 0.3 is 6.18 Å². The highest BCUT2D eigenvalue weighted by molar-refractivity contribution is 9.10. The summed E-state index contributed by atoms with van der Waals surface area (Å²) in [7, 11) is 0. The first-order valence-electron chi connectivity index (χ1n) is 5.61. The molecule has 0 N–H and O–H groups in total. The summed E-state index contributed by atoms with van der Waals surface area (Å²) in [6.45, 7) is -1.27. The molecule has 1 saturated carbocycles. The number of nitrogens with zero attached hydrogens (tertiary/aromatic N) is 1. The lowest BCUT2D eigenvalue weighted by Crippen LogP contribution is -2.40. The topological polar surface area (TPSA) is 20.3 Å². The minimum Gasteiger partial charge on any atom is -0.327 e. The van der Waals surface area contributed by atoms with Crippen LogP contribution in [0.25, 0.3) is 0 Å². The molecule has 0 saturated heterocycles. The molecule has 1 amide bonds. The second kappa shape index (κ2) is 5.11. The van der Waals surface area contributed by atoms with Crippen molar-refractivity contribution in [2.75, 3.05) is 6.54 Å². The molecular formula is C12H10BrF4NO. The molecule has 2 nitrogen and oxygen atoms in total. The van der Waals surface area contributed by atoms with Crippen molar-refractivity contribution in [1.29, 1.82) is 0 Å². The number of halogens is 5. The van der Waals surface area contributed by atoms with Gasteiger partial charge in [0.1, 0.15) is 12.4 Å². The number of hydrogen-bond donors (Lipinski definition) is 0. The number of carbonyl (C=O) groups is 1. The van der Waals surface area contributed by atoms with Crippen LogP contribution in [0.3, 0.4) is 0 Å². The van der Waals surface area contributed by atoms with Crippen molar-refractivity contribution in [3.63, 3.8) is 0 Å². The monoisotopic (exact) mass is 339 g/mol. The fraction of sp³-hybridized carbons (Fsp3) is 0.417. The SMILES string of the molecule is O=C(c1ccc(F)c(Br)c1)N(CC(F)(F)F)C1CC1. The molecule has 0 spiro atoms. The molecule has 0 heterocycles. The Morgan fingerprint density at radius 2 is 2.00 bits per heavy atom. The Labute approximate surface area is 115 Å². The number of carbonyl (C=O) groups excluding carboxylic acids is 1. The summed E-state index contributed by atoms with van der Waals surface area (Å²) in [6, 6.07) is 3.08. The predicted molar refractivity (Wildman–Crippen MR) is 64.2 cm³/mol. The number of rotatable bonds is 3. The standard InChI is InChI=1S/C12H10BrF4NO/c13-9-5-7(1-4-10(9)14)11(19)18(8-2-3-8)6-12(15,16)17/h1,4-5,8H,2-3,6H2. The van der Waals surface area contributed by atoms with Gasteiger partial charge in [0.25, 0.3) is 5.91 Å². The van der Waals surface area contributed by atoms with Gasteiger partial charge in [-0.25, -0.2) is 4.39 Å². The Morgan fingerprint density at radius 1 is 1.37 bits per heavy atom. The zero-order chi connectivity index (χ0) is 14.2. The van der Waals surface area contributed by atoms with E-state index >= 15 is 0 Å². The van der Waals surface area contributed by atoms with Crippen LogP contribution in [0.1, 0.15) is 23.2 Å². The summed E-state index contributed by atoms with van der Waals surface area (Å²) < 4.78 is 50.5. The first kappa shape index (κ1) is 14.3. The highest BCUT2D eigenvalue weighted by atomic mass is 79.9. The largest absolute Gasteiger partial charge is 0.406 e. The van der Waals surface area contributed by atoms with Gasteiger partial charge in [-0.3, -0.25) is 4.79 Å². The molecule has 1 aliphatic rings. The Bertz CT molecular complexity index is 499. The van der Waals surface area contributed by atoms with Crippen molar-refractivity contribution < 1.29 is 22.4 Å². The average Bonchev–Trinajstić information content (AvgIpc) is 3.11. The third-order valence-electron chi connectivity index (χ3n) is 2.76. The Kier molecular flexibility index (Phi) is 3.85. The molecule has 2 rings (SSSR count). The molecule has 19 heavy (non-hydrogen) atoms. The van der Waals surface area contributed by atoms with E-state index in [2.05, 4.69) is 15.9 Å². The molecule has 7 heteroatoms. The summed E-state index contributed by atoms with van der Waals surface area (Å²) in [4.78, 5) is 12.9. The highest BCUT2D eigenvalue weighted by Crippen LogP contribution is 2.31. The number of benzene rings is 1. The van der Waals surface area contributed by atoms with Crippen LogP contribution in [-0.2, 0) is 0 Å². The van der Waals surface area contributed by atoms with Crippen molar-refractivity contribution in [3.05, 3.63) is 34.1 Å². The van der Waals surface area contributed by atoms with Gasteiger partial charge in [0.2, 0.25) is 0 Å². The van der Waals surface area contributed by atoms with Crippen molar-refractivity contribution >= 4 is 21.8 Å². The van der Waals surface area contributed by atoms with Gasteiger partial charge in [0.05, 0.1) is 4.47 Å². The van der Waals surface area contributed by atoms with E-state index < -0.39 is 24.4 Å². The molecule has 1 fully saturated rings. The highest BCUT2D eigenvalue weighted by Gasteiger charge is 2.40. The van der Waals surface area contributed by atoms with E-state index in [-0.39, 0.29) is 16.1 Å². The molecule has 104 valence electrons. The van der Waals surface area contributed by atoms with Gasteiger partial charge in [0, 0.05) is 11.6 Å². The maximum absolute atomic E-state index is 13.1. The second-order valence-electron chi connectivity index (χ2n) is 4.41. The quantitative estimate of drug-likeness (QED) is 0.768. The number of alkyl halides is 3. The van der Waals surface area contributed by atoms with Crippen molar-refractivity contribution in [2.45, 2.75) is 25.1 Å². The van der Waals surface area contributed by atoms with Crippen LogP contribution in [-0.4, -0.2) is 29.6 Å². The smallest absolute Gasteiger partial charge is 0.327 e. The predicted octanol–water partition coefficient (Wildman–Crippen LogP) is 3.76. The zero-order valence-electron chi connectivity index (χ0n) is 9.68. The summed E-state index contributed by atoms with van der Waals surface area (Å²) in [5, 5.41) is 0. The van der Waals surface area contributed by atoms with E-state index in [4.69, 9.17) is 0 Å². The summed E-state index contributed by atoms with van der Waals surface area (Å²) in [5.74, 6) is -1.29. The van der Waals surface area contributed by atoms with Crippen LogP contribution < -0.4 is 0 Å². The van der Waals surface area contributed by atoms with Crippen LogP contribution in [0.15, 0.2) is 22.7 Å². The minimum absolute atomic E-state index is 0.0458. The fourth-order valence-corrected chi connectivity index (χ4v) is 2.12. The van der Waals surface area contributed by atoms with Gasteiger partial charge in [0.15, 0.2) is 0 Å². The Hall–Kier alpha value is -1.11. The summed E-state index contributed by atoms with van der Waals surface area (Å²) >= 11 is 2.91. The van der Waals surface area contributed by atoms with E-state index in [9.17, 15) is 22.4 Å². The average molecular weight is 340 g/mol. The lowest BCUT2D eigenvalue weighted by molar-refractivity contribution is -0.141. The molecule has 0 aliphatic heterocycles. The van der Waals surface area contributed by atoms with E-state index in [0.29, 0.717) is 12.8 Å². The maximum atomic E-state index is 13.1. The Balaban J connectivity index is 2.21. The van der Waals surface area contributed by atoms with Gasteiger partial charge in [-0.05, 0) is 47.0 Å². The molecule has 1 aromatic carbocycles. The molecule has 1 aromatic rings. The molecular weight excluding hydrogens is 330 g/mol. The Morgan fingerprint density at radius 3 is 2.47 bits per heavy atom. The third-order valence-corrected chi connectivity index (χ3v) is 3.37. The molecule has 1 aliphatic carbocycles. The first-order valence-corrected chi connectivity index (χ1v) is 6.40. The first-order chi connectivity index (χ1) is 8.78. The van der Waals surface area contributed by atoms with Gasteiger partial charge in [-0.2, -0.15) is 13.2 Å². The third kappa shape index (κ3) is 3.68. The normalized spacial score (nSPS) is 15.4.